The molecule has 0 spiro atoms. The smallest absolute Gasteiger partial charge is 0.244 e. The number of carbonyl (C=O) groups excluding carboxylic acids is 2. The number of piperazine rings is 1. The van der Waals surface area contributed by atoms with E-state index in [0.29, 0.717) is 39.2 Å². The average molecular weight is 470 g/mol. The van der Waals surface area contributed by atoms with E-state index in [0.717, 1.165) is 35.6 Å². The molecule has 184 valence electrons. The SMILES string of the molecule is CCOc1ccc(CCCC(CC(=O)NO)C(=O)N2CCN(c3cccc(OC)c3)CC2)cc1. The van der Waals surface area contributed by atoms with Gasteiger partial charge in [-0.25, -0.2) is 5.48 Å². The van der Waals surface area contributed by atoms with Crippen molar-refractivity contribution in [2.75, 3.05) is 44.8 Å². The number of amides is 2. The molecule has 0 aromatic heterocycles. The highest BCUT2D eigenvalue weighted by Gasteiger charge is 2.29. The second-order valence-electron chi connectivity index (χ2n) is 8.42. The lowest BCUT2D eigenvalue weighted by Crippen LogP contribution is -2.50. The highest BCUT2D eigenvalue weighted by atomic mass is 16.5. The van der Waals surface area contributed by atoms with Crippen LogP contribution in [0.3, 0.4) is 0 Å². The largest absolute Gasteiger partial charge is 0.497 e. The molecule has 8 heteroatoms. The molecule has 0 radical (unpaired) electrons. The van der Waals surface area contributed by atoms with Crippen LogP contribution in [0.25, 0.3) is 0 Å². The molecule has 1 atom stereocenters. The number of carbonyl (C=O) groups is 2. The monoisotopic (exact) mass is 469 g/mol. The van der Waals surface area contributed by atoms with Gasteiger partial charge in [-0.1, -0.05) is 18.2 Å². The summed E-state index contributed by atoms with van der Waals surface area (Å²) in [6.07, 6.45) is 2.14. The minimum Gasteiger partial charge on any atom is -0.497 e. The summed E-state index contributed by atoms with van der Waals surface area (Å²) in [4.78, 5) is 29.2. The average Bonchev–Trinajstić information content (AvgIpc) is 2.89. The third-order valence-electron chi connectivity index (χ3n) is 6.17. The molecule has 34 heavy (non-hydrogen) atoms. The number of nitrogens with one attached hydrogen (secondary N) is 1. The van der Waals surface area contributed by atoms with Crippen molar-refractivity contribution in [2.45, 2.75) is 32.6 Å². The number of hydrogen-bond acceptors (Lipinski definition) is 6. The fourth-order valence-electron chi connectivity index (χ4n) is 4.30. The van der Waals surface area contributed by atoms with Gasteiger partial charge in [0.1, 0.15) is 11.5 Å². The number of benzene rings is 2. The zero-order chi connectivity index (χ0) is 24.3. The highest BCUT2D eigenvalue weighted by molar-refractivity contribution is 5.85. The molecule has 2 aromatic rings. The van der Waals surface area contributed by atoms with Crippen molar-refractivity contribution < 1.29 is 24.3 Å². The molecular formula is C26H35N3O5. The first-order valence-electron chi connectivity index (χ1n) is 11.9. The van der Waals surface area contributed by atoms with Gasteiger partial charge in [0.25, 0.3) is 0 Å². The quantitative estimate of drug-likeness (QED) is 0.388. The molecule has 1 saturated heterocycles. The fourth-order valence-corrected chi connectivity index (χ4v) is 4.30. The van der Waals surface area contributed by atoms with E-state index in [1.807, 2.05) is 60.4 Å². The van der Waals surface area contributed by atoms with E-state index >= 15 is 0 Å². The van der Waals surface area contributed by atoms with Gasteiger partial charge in [0, 0.05) is 50.3 Å². The number of hydrogen-bond donors (Lipinski definition) is 2. The van der Waals surface area contributed by atoms with Crippen molar-refractivity contribution in [3.63, 3.8) is 0 Å². The summed E-state index contributed by atoms with van der Waals surface area (Å²) in [5.74, 6) is 0.624. The van der Waals surface area contributed by atoms with Gasteiger partial charge in [-0.2, -0.15) is 0 Å². The van der Waals surface area contributed by atoms with Gasteiger partial charge in [-0.15, -0.1) is 0 Å². The van der Waals surface area contributed by atoms with E-state index in [1.54, 1.807) is 12.6 Å². The number of aryl methyl sites for hydroxylation is 1. The van der Waals surface area contributed by atoms with Gasteiger partial charge >= 0.3 is 0 Å². The maximum Gasteiger partial charge on any atom is 0.244 e. The molecule has 1 unspecified atom stereocenters. The number of nitrogens with zero attached hydrogens (tertiary/aromatic N) is 2. The molecule has 0 saturated carbocycles. The standard InChI is InChI=1S/C26H35N3O5/c1-3-34-23-12-10-20(11-13-23)6-4-7-21(18-25(30)27-32)26(31)29-16-14-28(15-17-29)22-8-5-9-24(19-22)33-2/h5,8-13,19,21,32H,3-4,6-7,14-18H2,1-2H3,(H,27,30). The molecule has 2 amide bonds. The Bertz CT molecular complexity index is 926. The van der Waals surface area contributed by atoms with Crippen LogP contribution in [0.4, 0.5) is 5.69 Å². The molecule has 1 heterocycles. The molecule has 0 aliphatic carbocycles. The Morgan fingerprint density at radius 1 is 1.06 bits per heavy atom. The van der Waals surface area contributed by atoms with Crippen LogP contribution >= 0.6 is 0 Å². The minimum absolute atomic E-state index is 0.0191. The molecule has 3 rings (SSSR count). The third-order valence-corrected chi connectivity index (χ3v) is 6.17. The second kappa shape index (κ2) is 12.8. The van der Waals surface area contributed by atoms with E-state index in [4.69, 9.17) is 14.7 Å². The molecule has 1 aliphatic rings. The molecule has 2 aromatic carbocycles. The van der Waals surface area contributed by atoms with Crippen molar-refractivity contribution in [1.82, 2.24) is 10.4 Å². The Morgan fingerprint density at radius 2 is 1.79 bits per heavy atom. The summed E-state index contributed by atoms with van der Waals surface area (Å²) in [6, 6.07) is 15.8. The van der Waals surface area contributed by atoms with Gasteiger partial charge in [0.05, 0.1) is 13.7 Å². The fraction of sp³-hybridized carbons (Fsp3) is 0.462. The number of methoxy groups -OCH3 is 1. The molecule has 0 bridgehead atoms. The Balaban J connectivity index is 1.55. The lowest BCUT2D eigenvalue weighted by Gasteiger charge is -2.37. The van der Waals surface area contributed by atoms with Crippen molar-refractivity contribution in [3.05, 3.63) is 54.1 Å². The van der Waals surface area contributed by atoms with Crippen LogP contribution in [-0.2, 0) is 16.0 Å². The van der Waals surface area contributed by atoms with Gasteiger partial charge in [-0.05, 0) is 56.0 Å². The zero-order valence-corrected chi connectivity index (χ0v) is 20.0. The van der Waals surface area contributed by atoms with Crippen LogP contribution in [0.15, 0.2) is 48.5 Å². The van der Waals surface area contributed by atoms with Crippen LogP contribution in [0.5, 0.6) is 11.5 Å². The summed E-state index contributed by atoms with van der Waals surface area (Å²) in [6.45, 7) is 5.18. The van der Waals surface area contributed by atoms with E-state index in [1.165, 1.54) is 0 Å². The molecular weight excluding hydrogens is 434 g/mol. The predicted octanol–water partition coefficient (Wildman–Crippen LogP) is 3.28. The minimum atomic E-state index is -0.533. The first-order valence-corrected chi connectivity index (χ1v) is 11.9. The van der Waals surface area contributed by atoms with Gasteiger partial charge in [-0.3, -0.25) is 14.8 Å². The second-order valence-corrected chi connectivity index (χ2v) is 8.42. The summed E-state index contributed by atoms with van der Waals surface area (Å²) in [5.41, 5.74) is 3.90. The molecule has 1 aliphatic heterocycles. The number of rotatable bonds is 11. The Hall–Kier alpha value is -3.26. The first kappa shape index (κ1) is 25.4. The van der Waals surface area contributed by atoms with Gasteiger partial charge in [0.2, 0.25) is 11.8 Å². The van der Waals surface area contributed by atoms with Crippen molar-refractivity contribution in [2.24, 2.45) is 5.92 Å². The van der Waals surface area contributed by atoms with Gasteiger partial charge in [0.15, 0.2) is 0 Å². The summed E-state index contributed by atoms with van der Waals surface area (Å²) >= 11 is 0. The zero-order valence-electron chi connectivity index (χ0n) is 20.0. The van der Waals surface area contributed by atoms with Crippen LogP contribution in [0.1, 0.15) is 31.7 Å². The third kappa shape index (κ3) is 7.12. The summed E-state index contributed by atoms with van der Waals surface area (Å²) in [5, 5.41) is 9.00. The highest BCUT2D eigenvalue weighted by Crippen LogP contribution is 2.24. The van der Waals surface area contributed by atoms with E-state index in [-0.39, 0.29) is 12.3 Å². The van der Waals surface area contributed by atoms with Gasteiger partial charge < -0.3 is 19.3 Å². The predicted molar refractivity (Wildman–Crippen MR) is 130 cm³/mol. The van der Waals surface area contributed by atoms with E-state index < -0.39 is 11.8 Å². The van der Waals surface area contributed by atoms with Crippen LogP contribution in [0, 0.1) is 5.92 Å². The van der Waals surface area contributed by atoms with Crippen LogP contribution < -0.4 is 19.9 Å². The van der Waals surface area contributed by atoms with Crippen LogP contribution in [-0.4, -0.2) is 61.8 Å². The van der Waals surface area contributed by atoms with Crippen molar-refractivity contribution >= 4 is 17.5 Å². The van der Waals surface area contributed by atoms with Crippen molar-refractivity contribution in [1.29, 1.82) is 0 Å². The maximum absolute atomic E-state index is 13.3. The number of anilines is 1. The summed E-state index contributed by atoms with van der Waals surface area (Å²) < 4.78 is 10.8. The first-order chi connectivity index (χ1) is 16.5. The molecule has 8 nitrogen and oxygen atoms in total. The van der Waals surface area contributed by atoms with E-state index in [2.05, 4.69) is 4.90 Å². The molecule has 2 N–H and O–H groups in total. The topological polar surface area (TPSA) is 91.3 Å². The Morgan fingerprint density at radius 3 is 2.44 bits per heavy atom. The van der Waals surface area contributed by atoms with E-state index in [9.17, 15) is 9.59 Å². The van der Waals surface area contributed by atoms with Crippen LogP contribution in [0.2, 0.25) is 0 Å². The van der Waals surface area contributed by atoms with Crippen molar-refractivity contribution in [3.8, 4) is 11.5 Å². The lowest BCUT2D eigenvalue weighted by atomic mass is 9.94. The Labute approximate surface area is 201 Å². The Kier molecular flexibility index (Phi) is 9.58. The lowest BCUT2D eigenvalue weighted by molar-refractivity contribution is -0.141. The molecule has 1 fully saturated rings. The normalized spacial score (nSPS) is 14.4. The maximum atomic E-state index is 13.3. The number of ether oxygens (including phenoxy) is 2. The summed E-state index contributed by atoms with van der Waals surface area (Å²) in [7, 11) is 1.65. The number of hydroxylamine groups is 1.